The molecule has 1 atom stereocenters. The third-order valence-corrected chi connectivity index (χ3v) is 7.83. The number of carbonyl (C=O) groups excluding carboxylic acids is 1. The van der Waals surface area contributed by atoms with Crippen LogP contribution in [0.15, 0.2) is 47.4 Å². The highest BCUT2D eigenvalue weighted by molar-refractivity contribution is 7.89. The number of ether oxygens (including phenoxy) is 1. The molecule has 0 radical (unpaired) electrons. The number of benzene rings is 2. The number of rotatable bonds is 8. The maximum atomic E-state index is 13.3. The maximum absolute atomic E-state index is 13.3. The van der Waals surface area contributed by atoms with E-state index >= 15 is 0 Å². The first-order chi connectivity index (χ1) is 15.2. The molecular weight excluding hydrogens is 424 g/mol. The van der Waals surface area contributed by atoms with E-state index in [0.717, 1.165) is 42.6 Å². The molecule has 6 nitrogen and oxygen atoms in total. The number of nitrogens with zero attached hydrogens (tertiary/aromatic N) is 1. The second-order valence-corrected chi connectivity index (χ2v) is 10.8. The monoisotopic (exact) mass is 458 g/mol. The Morgan fingerprint density at radius 2 is 1.72 bits per heavy atom. The van der Waals surface area contributed by atoms with Gasteiger partial charge in [-0.25, -0.2) is 8.42 Å². The summed E-state index contributed by atoms with van der Waals surface area (Å²) in [7, 11) is -1.98. The Hall–Kier alpha value is -2.38. The second kappa shape index (κ2) is 10.5. The predicted molar refractivity (Wildman–Crippen MR) is 126 cm³/mol. The number of aryl methyl sites for hydroxylation is 1. The molecule has 7 heteroatoms. The van der Waals surface area contributed by atoms with Crippen molar-refractivity contribution in [1.29, 1.82) is 0 Å². The molecule has 1 amide bonds. The molecule has 0 spiro atoms. The van der Waals surface area contributed by atoms with Crippen LogP contribution < -0.4 is 10.1 Å². The van der Waals surface area contributed by atoms with Crippen molar-refractivity contribution in [3.63, 3.8) is 0 Å². The first kappa shape index (κ1) is 24.3. The molecule has 2 aromatic carbocycles. The van der Waals surface area contributed by atoms with E-state index in [1.165, 1.54) is 10.4 Å². The summed E-state index contributed by atoms with van der Waals surface area (Å²) in [6.45, 7) is 7.12. The summed E-state index contributed by atoms with van der Waals surface area (Å²) < 4.78 is 33.0. The smallest absolute Gasteiger partial charge is 0.252 e. The fourth-order valence-corrected chi connectivity index (χ4v) is 5.63. The summed E-state index contributed by atoms with van der Waals surface area (Å²) in [4.78, 5) is 13.4. The topological polar surface area (TPSA) is 75.7 Å². The Kier molecular flexibility index (Phi) is 7.96. The van der Waals surface area contributed by atoms with Gasteiger partial charge in [0.25, 0.3) is 5.91 Å². The van der Waals surface area contributed by atoms with Gasteiger partial charge < -0.3 is 10.1 Å². The van der Waals surface area contributed by atoms with Gasteiger partial charge in [-0.15, -0.1) is 0 Å². The molecule has 1 fully saturated rings. The van der Waals surface area contributed by atoms with E-state index in [0.29, 0.717) is 24.6 Å². The minimum absolute atomic E-state index is 0.181. The number of sulfonamides is 1. The number of hydrogen-bond acceptors (Lipinski definition) is 4. The summed E-state index contributed by atoms with van der Waals surface area (Å²) in [5.41, 5.74) is 2.13. The molecule has 1 heterocycles. The van der Waals surface area contributed by atoms with Crippen LogP contribution in [0.5, 0.6) is 5.75 Å². The fraction of sp³-hybridized carbons (Fsp3) is 0.480. The molecule has 1 aliphatic heterocycles. The Bertz CT molecular complexity index is 1030. The Morgan fingerprint density at radius 3 is 2.31 bits per heavy atom. The number of hydrogen-bond donors (Lipinski definition) is 1. The third-order valence-electron chi connectivity index (χ3n) is 5.94. The zero-order valence-electron chi connectivity index (χ0n) is 19.4. The van der Waals surface area contributed by atoms with Gasteiger partial charge >= 0.3 is 0 Å². The lowest BCUT2D eigenvalue weighted by Crippen LogP contribution is -2.36. The summed E-state index contributed by atoms with van der Waals surface area (Å²) in [5.74, 6) is 0.865. The van der Waals surface area contributed by atoms with Crippen LogP contribution in [0.1, 0.15) is 67.1 Å². The van der Waals surface area contributed by atoms with Gasteiger partial charge in [0.1, 0.15) is 5.75 Å². The highest BCUT2D eigenvalue weighted by Gasteiger charge is 2.27. The molecule has 0 aliphatic carbocycles. The number of methoxy groups -OCH3 is 1. The van der Waals surface area contributed by atoms with E-state index in [4.69, 9.17) is 4.74 Å². The predicted octanol–water partition coefficient (Wildman–Crippen LogP) is 4.70. The quantitative estimate of drug-likeness (QED) is 0.622. The van der Waals surface area contributed by atoms with Gasteiger partial charge in [0, 0.05) is 18.7 Å². The van der Waals surface area contributed by atoms with Gasteiger partial charge in [0.2, 0.25) is 10.0 Å². The van der Waals surface area contributed by atoms with Crippen LogP contribution in [0.3, 0.4) is 0 Å². The van der Waals surface area contributed by atoms with Crippen LogP contribution in [0.25, 0.3) is 0 Å². The van der Waals surface area contributed by atoms with E-state index in [1.54, 1.807) is 19.2 Å². The Labute approximate surface area is 192 Å². The number of amides is 1. The lowest BCUT2D eigenvalue weighted by Gasteiger charge is -2.26. The number of nitrogens with one attached hydrogen (secondary N) is 1. The van der Waals surface area contributed by atoms with Crippen molar-refractivity contribution in [2.45, 2.75) is 57.4 Å². The van der Waals surface area contributed by atoms with Gasteiger partial charge in [-0.2, -0.15) is 4.31 Å². The molecular formula is C25H34N2O4S. The Morgan fingerprint density at radius 1 is 1.06 bits per heavy atom. The van der Waals surface area contributed by atoms with Crippen LogP contribution in [0.4, 0.5) is 0 Å². The molecule has 2 aromatic rings. The minimum Gasteiger partial charge on any atom is -0.497 e. The highest BCUT2D eigenvalue weighted by Crippen LogP contribution is 2.26. The molecule has 0 unspecified atom stereocenters. The molecule has 0 aromatic heterocycles. The number of piperidine rings is 1. The molecule has 0 saturated carbocycles. The summed E-state index contributed by atoms with van der Waals surface area (Å²) >= 11 is 0. The molecule has 1 N–H and O–H groups in total. The van der Waals surface area contributed by atoms with Crippen molar-refractivity contribution >= 4 is 15.9 Å². The van der Waals surface area contributed by atoms with Crippen LogP contribution in [-0.2, 0) is 10.0 Å². The molecule has 1 saturated heterocycles. The van der Waals surface area contributed by atoms with E-state index in [2.05, 4.69) is 19.2 Å². The van der Waals surface area contributed by atoms with Gasteiger partial charge in [-0.3, -0.25) is 4.79 Å². The van der Waals surface area contributed by atoms with E-state index in [-0.39, 0.29) is 16.8 Å². The standard InChI is InChI=1S/C25H34N2O4S/c1-18(2)16-24(20-9-11-21(31-4)12-10-20)26-25(28)23-17-22(13-8-19(23)3)32(29,30)27-14-6-5-7-15-27/h8-13,17-18,24H,5-7,14-16H2,1-4H3,(H,26,28)/t24-/m1/s1. The summed E-state index contributed by atoms with van der Waals surface area (Å²) in [6, 6.07) is 12.3. The first-order valence-corrected chi connectivity index (χ1v) is 12.7. The lowest BCUT2D eigenvalue weighted by atomic mass is 9.96. The van der Waals surface area contributed by atoms with Crippen molar-refractivity contribution in [1.82, 2.24) is 9.62 Å². The molecule has 174 valence electrons. The minimum atomic E-state index is -3.60. The maximum Gasteiger partial charge on any atom is 0.252 e. The van der Waals surface area contributed by atoms with Gasteiger partial charge in [-0.1, -0.05) is 38.5 Å². The zero-order chi connectivity index (χ0) is 23.3. The SMILES string of the molecule is COc1ccc([C@@H](CC(C)C)NC(=O)c2cc(S(=O)(=O)N3CCCCC3)ccc2C)cc1. The zero-order valence-corrected chi connectivity index (χ0v) is 20.2. The van der Waals surface area contributed by atoms with Crippen molar-refractivity contribution < 1.29 is 17.9 Å². The highest BCUT2D eigenvalue weighted by atomic mass is 32.2. The largest absolute Gasteiger partial charge is 0.497 e. The van der Waals surface area contributed by atoms with Crippen LogP contribution in [-0.4, -0.2) is 38.8 Å². The van der Waals surface area contributed by atoms with E-state index in [9.17, 15) is 13.2 Å². The van der Waals surface area contributed by atoms with E-state index in [1.807, 2.05) is 31.2 Å². The molecule has 0 bridgehead atoms. The average Bonchev–Trinajstić information content (AvgIpc) is 2.79. The fourth-order valence-electron chi connectivity index (χ4n) is 4.08. The van der Waals surface area contributed by atoms with Crippen molar-refractivity contribution in [3.05, 3.63) is 59.2 Å². The van der Waals surface area contributed by atoms with Gasteiger partial charge in [0.05, 0.1) is 18.0 Å². The number of carbonyl (C=O) groups is 1. The van der Waals surface area contributed by atoms with Gasteiger partial charge in [0.15, 0.2) is 0 Å². The van der Waals surface area contributed by atoms with Crippen LogP contribution in [0, 0.1) is 12.8 Å². The van der Waals surface area contributed by atoms with Crippen LogP contribution >= 0.6 is 0 Å². The second-order valence-electron chi connectivity index (χ2n) is 8.87. The van der Waals surface area contributed by atoms with E-state index < -0.39 is 10.0 Å². The molecule has 32 heavy (non-hydrogen) atoms. The van der Waals surface area contributed by atoms with Crippen molar-refractivity contribution in [2.75, 3.05) is 20.2 Å². The Balaban J connectivity index is 1.86. The van der Waals surface area contributed by atoms with Crippen molar-refractivity contribution in [2.24, 2.45) is 5.92 Å². The molecule has 3 rings (SSSR count). The lowest BCUT2D eigenvalue weighted by molar-refractivity contribution is 0.0931. The first-order valence-electron chi connectivity index (χ1n) is 11.3. The van der Waals surface area contributed by atoms with Gasteiger partial charge in [-0.05, 0) is 67.5 Å². The summed E-state index contributed by atoms with van der Waals surface area (Å²) in [6.07, 6.45) is 3.56. The normalized spacial score (nSPS) is 16.0. The average molecular weight is 459 g/mol. The summed E-state index contributed by atoms with van der Waals surface area (Å²) in [5, 5.41) is 3.13. The van der Waals surface area contributed by atoms with Crippen molar-refractivity contribution in [3.8, 4) is 5.75 Å². The third kappa shape index (κ3) is 5.70. The van der Waals surface area contributed by atoms with Crippen LogP contribution in [0.2, 0.25) is 0 Å². The molecule has 1 aliphatic rings.